The fourth-order valence-electron chi connectivity index (χ4n) is 1.24. The first-order valence-electron chi connectivity index (χ1n) is 3.60. The summed E-state index contributed by atoms with van der Waals surface area (Å²) in [6.45, 7) is 0.644. The Kier molecular flexibility index (Phi) is 2.49. The molecule has 9 heavy (non-hydrogen) atoms. The summed E-state index contributed by atoms with van der Waals surface area (Å²) in [5, 5.41) is 17.1. The molecule has 0 radical (unpaired) electrons. The summed E-state index contributed by atoms with van der Waals surface area (Å²) in [4.78, 5) is 0. The van der Waals surface area contributed by atoms with Crippen LogP contribution in [0.5, 0.6) is 0 Å². The summed E-state index contributed by atoms with van der Waals surface area (Å²) in [6, 6.07) is 0. The molecule has 2 unspecified atom stereocenters. The number of rotatable bonds is 4. The molecule has 0 heterocycles. The third-order valence-electron chi connectivity index (χ3n) is 2.04. The van der Waals surface area contributed by atoms with Gasteiger partial charge in [0.15, 0.2) is 0 Å². The van der Waals surface area contributed by atoms with Gasteiger partial charge in [0.2, 0.25) is 0 Å². The van der Waals surface area contributed by atoms with E-state index < -0.39 is 0 Å². The molecule has 0 aromatic carbocycles. The van der Waals surface area contributed by atoms with Crippen molar-refractivity contribution in [3.8, 4) is 0 Å². The van der Waals surface area contributed by atoms with Crippen LogP contribution in [0.1, 0.15) is 19.3 Å². The average Bonchev–Trinajstić information content (AvgIpc) is 2.62. The van der Waals surface area contributed by atoms with E-state index in [1.165, 1.54) is 6.42 Å². The molecule has 0 amide bonds. The predicted molar refractivity (Wildman–Crippen MR) is 35.0 cm³/mol. The van der Waals surface area contributed by atoms with Crippen LogP contribution in [0.25, 0.3) is 0 Å². The minimum Gasteiger partial charge on any atom is -0.396 e. The van der Waals surface area contributed by atoms with Crippen LogP contribution in [0.2, 0.25) is 0 Å². The highest BCUT2D eigenvalue weighted by Gasteiger charge is 2.34. The van der Waals surface area contributed by atoms with Gasteiger partial charge in [0, 0.05) is 13.2 Å². The molecule has 2 atom stereocenters. The summed E-state index contributed by atoms with van der Waals surface area (Å²) >= 11 is 0. The van der Waals surface area contributed by atoms with Crippen molar-refractivity contribution in [3.63, 3.8) is 0 Å². The van der Waals surface area contributed by atoms with Crippen molar-refractivity contribution in [2.24, 2.45) is 11.8 Å². The van der Waals surface area contributed by atoms with Gasteiger partial charge in [0.25, 0.3) is 0 Å². The molecule has 1 saturated carbocycles. The van der Waals surface area contributed by atoms with Crippen LogP contribution in [0.3, 0.4) is 0 Å². The Balaban J connectivity index is 1.92. The first-order chi connectivity index (χ1) is 4.38. The number of hydrogen-bond acceptors (Lipinski definition) is 2. The first-order valence-corrected chi connectivity index (χ1v) is 3.60. The molecule has 2 N–H and O–H groups in total. The van der Waals surface area contributed by atoms with Crippen molar-refractivity contribution < 1.29 is 10.2 Å². The van der Waals surface area contributed by atoms with Gasteiger partial charge in [-0.05, 0) is 31.1 Å². The van der Waals surface area contributed by atoms with E-state index in [1.54, 1.807) is 0 Å². The highest BCUT2D eigenvalue weighted by atomic mass is 16.3. The maximum atomic E-state index is 8.61. The van der Waals surface area contributed by atoms with Gasteiger partial charge in [-0.3, -0.25) is 0 Å². The van der Waals surface area contributed by atoms with Gasteiger partial charge >= 0.3 is 0 Å². The van der Waals surface area contributed by atoms with Crippen molar-refractivity contribution in [2.75, 3.05) is 13.2 Å². The van der Waals surface area contributed by atoms with Gasteiger partial charge in [-0.1, -0.05) is 0 Å². The van der Waals surface area contributed by atoms with E-state index in [0.29, 0.717) is 19.1 Å². The highest BCUT2D eigenvalue weighted by Crippen LogP contribution is 2.41. The molecule has 0 bridgehead atoms. The van der Waals surface area contributed by atoms with Crippen LogP contribution >= 0.6 is 0 Å². The van der Waals surface area contributed by atoms with Crippen molar-refractivity contribution in [1.82, 2.24) is 0 Å². The molecule has 2 nitrogen and oxygen atoms in total. The van der Waals surface area contributed by atoms with Gasteiger partial charge in [-0.25, -0.2) is 0 Å². The maximum Gasteiger partial charge on any atom is 0.0462 e. The summed E-state index contributed by atoms with van der Waals surface area (Å²) in [6.07, 6.45) is 3.18. The average molecular weight is 130 g/mol. The van der Waals surface area contributed by atoms with Crippen molar-refractivity contribution >= 4 is 0 Å². The minimum absolute atomic E-state index is 0.300. The second-order valence-electron chi connectivity index (χ2n) is 2.80. The summed E-state index contributed by atoms with van der Waals surface area (Å²) in [5.74, 6) is 1.29. The lowest BCUT2D eigenvalue weighted by molar-refractivity contribution is 0.257. The van der Waals surface area contributed by atoms with Crippen molar-refractivity contribution in [2.45, 2.75) is 19.3 Å². The Morgan fingerprint density at radius 3 is 2.44 bits per heavy atom. The van der Waals surface area contributed by atoms with Crippen LogP contribution in [-0.2, 0) is 0 Å². The Labute approximate surface area is 55.5 Å². The van der Waals surface area contributed by atoms with E-state index in [-0.39, 0.29) is 0 Å². The third-order valence-corrected chi connectivity index (χ3v) is 2.04. The minimum atomic E-state index is 0.300. The van der Waals surface area contributed by atoms with Crippen LogP contribution < -0.4 is 0 Å². The molecule has 0 spiro atoms. The lowest BCUT2D eigenvalue weighted by atomic mass is 10.2. The molecule has 0 aromatic rings. The van der Waals surface area contributed by atoms with E-state index in [4.69, 9.17) is 10.2 Å². The highest BCUT2D eigenvalue weighted by molar-refractivity contribution is 4.84. The normalized spacial score (nSPS) is 32.7. The van der Waals surface area contributed by atoms with Gasteiger partial charge in [-0.15, -0.1) is 0 Å². The fourth-order valence-corrected chi connectivity index (χ4v) is 1.24. The fraction of sp³-hybridized carbons (Fsp3) is 1.00. The smallest absolute Gasteiger partial charge is 0.0462 e. The Morgan fingerprint density at radius 1 is 1.22 bits per heavy atom. The Bertz CT molecular complexity index is 83.0. The molecule has 1 rings (SSSR count). The summed E-state index contributed by atoms with van der Waals surface area (Å²) < 4.78 is 0. The third kappa shape index (κ3) is 1.95. The molecule has 2 heteroatoms. The molecule has 54 valence electrons. The monoisotopic (exact) mass is 130 g/mol. The van der Waals surface area contributed by atoms with Gasteiger partial charge in [0.1, 0.15) is 0 Å². The van der Waals surface area contributed by atoms with E-state index >= 15 is 0 Å². The standard InChI is InChI=1S/C7H14O2/c8-3-1-2-6-4-7(6)5-9/h6-9H,1-5H2. The van der Waals surface area contributed by atoms with Crippen LogP contribution in [0.4, 0.5) is 0 Å². The Hall–Kier alpha value is -0.0800. The van der Waals surface area contributed by atoms with Crippen molar-refractivity contribution in [3.05, 3.63) is 0 Å². The largest absolute Gasteiger partial charge is 0.396 e. The molecule has 1 aliphatic rings. The number of aliphatic hydroxyl groups is 2. The second-order valence-corrected chi connectivity index (χ2v) is 2.80. The van der Waals surface area contributed by atoms with Crippen LogP contribution in [0, 0.1) is 11.8 Å². The number of aliphatic hydroxyl groups excluding tert-OH is 2. The molecule has 0 saturated heterocycles. The lowest BCUT2D eigenvalue weighted by Gasteiger charge is -1.92. The van der Waals surface area contributed by atoms with Crippen molar-refractivity contribution in [1.29, 1.82) is 0 Å². The first kappa shape index (κ1) is 7.03. The zero-order valence-electron chi connectivity index (χ0n) is 5.58. The quantitative estimate of drug-likeness (QED) is 0.578. The molecular weight excluding hydrogens is 116 g/mol. The van der Waals surface area contributed by atoms with E-state index in [2.05, 4.69) is 0 Å². The molecule has 0 aliphatic heterocycles. The summed E-state index contributed by atoms with van der Waals surface area (Å²) in [7, 11) is 0. The molecular formula is C7H14O2. The van der Waals surface area contributed by atoms with Crippen LogP contribution in [0.15, 0.2) is 0 Å². The Morgan fingerprint density at radius 2 is 2.00 bits per heavy atom. The zero-order chi connectivity index (χ0) is 6.69. The zero-order valence-corrected chi connectivity index (χ0v) is 5.58. The topological polar surface area (TPSA) is 40.5 Å². The van der Waals surface area contributed by atoms with Gasteiger partial charge < -0.3 is 10.2 Å². The molecule has 0 aromatic heterocycles. The predicted octanol–water partition coefficient (Wildman–Crippen LogP) is 0.387. The van der Waals surface area contributed by atoms with Crippen LogP contribution in [-0.4, -0.2) is 23.4 Å². The maximum absolute atomic E-state index is 8.61. The van der Waals surface area contributed by atoms with Gasteiger partial charge in [-0.2, -0.15) is 0 Å². The van der Waals surface area contributed by atoms with E-state index in [1.807, 2.05) is 0 Å². The van der Waals surface area contributed by atoms with E-state index in [9.17, 15) is 0 Å². The number of hydrogen-bond donors (Lipinski definition) is 2. The summed E-state index contributed by atoms with van der Waals surface area (Å²) in [5.41, 5.74) is 0. The second kappa shape index (κ2) is 3.18. The molecule has 1 aliphatic carbocycles. The lowest BCUT2D eigenvalue weighted by Crippen LogP contribution is -1.90. The SMILES string of the molecule is OCCCC1CC1CO. The molecule has 1 fully saturated rings. The van der Waals surface area contributed by atoms with E-state index in [0.717, 1.165) is 18.8 Å². The van der Waals surface area contributed by atoms with Gasteiger partial charge in [0.05, 0.1) is 0 Å².